The van der Waals surface area contributed by atoms with Gasteiger partial charge in [0.2, 0.25) is 0 Å². The molecule has 3 aromatic carbocycles. The molecule has 0 amide bonds. The van der Waals surface area contributed by atoms with Crippen LogP contribution in [0.1, 0.15) is 453 Å². The molecule has 0 N–H and O–H groups in total. The zero-order chi connectivity index (χ0) is 88.2. The minimum Gasteiger partial charge on any atom is -0.490 e. The second-order valence-corrected chi connectivity index (χ2v) is 43.7. The third-order valence-electron chi connectivity index (χ3n) is 27.7. The molecule has 0 aliphatic carbocycles. The van der Waals surface area contributed by atoms with Crippen molar-refractivity contribution in [3.63, 3.8) is 0 Å². The van der Waals surface area contributed by atoms with E-state index in [1.54, 1.807) is 0 Å². The molecule has 0 saturated carbocycles. The molecular weight excluding hydrogens is 1490 g/mol. The SMILES string of the molecule is CC(C)CCCC(C)CCCC(C)CCOc1cc2c(cc1OCCC(C)CCCC(C)CCCC(C)C)C1=Nc3cc(OCCC(C)CCCC(C)CCCC(C)C)c(OCCC(C)CCCC(C)CCCC(C)C)cc3C3=Nc4cc(OCCC(C)CCCC(C)CCCC(C)C)c(OCCC(C)CCCC(C)CCCC(C)C)cc4C(=N2)N13. The standard InChI is InChI=1S/C111H192N4O6/c1-79(2)37-25-43-85(13)49-31-55-91(19)61-67-116-103-73-97-100(76-106(103)119-70-64-94(22)58-34-52-88(16)46-28-40-82(7)8)112-110-99-75-105(118-69-63-93(21)57-33-51-87(15)45-27-39-81(5)6)108(121-72-66-96(24)60-36-54-90(18)48-30-42-84(11)12)78-102(99)114-111-98-74-104(117-68-62-92(20)56-32-50-86(14)44-26-38-80(3)4)107(77-101(98)113-109(97)115(110)111)120-71-65-95(23)59-35-53-89(17)47-29-41-83(9)10/h73-96H,25-72H2,1-24H3. The van der Waals surface area contributed by atoms with Crippen molar-refractivity contribution in [3.05, 3.63) is 53.1 Å². The Hall–Kier alpha value is -4.73. The van der Waals surface area contributed by atoms with Crippen molar-refractivity contribution in [2.24, 2.45) is 121 Å². The van der Waals surface area contributed by atoms with Crippen molar-refractivity contribution in [3.8, 4) is 34.5 Å². The molecule has 3 heterocycles. The van der Waals surface area contributed by atoms with Gasteiger partial charge < -0.3 is 28.4 Å². The predicted octanol–water partition coefficient (Wildman–Crippen LogP) is 34.8. The average molecular weight is 1680 g/mol. The van der Waals surface area contributed by atoms with Crippen molar-refractivity contribution in [2.75, 3.05) is 39.6 Å². The number of ether oxygens (including phenoxy) is 6. The quantitative estimate of drug-likeness (QED) is 0.0555. The van der Waals surface area contributed by atoms with E-state index in [2.05, 4.69) is 207 Å². The smallest absolute Gasteiger partial charge is 0.163 e. The van der Waals surface area contributed by atoms with Gasteiger partial charge in [0, 0.05) is 34.9 Å². The zero-order valence-electron chi connectivity index (χ0n) is 83.5. The number of nitrogens with zero attached hydrogens (tertiary/aromatic N) is 4. The van der Waals surface area contributed by atoms with Crippen molar-refractivity contribution < 1.29 is 28.4 Å². The summed E-state index contributed by atoms with van der Waals surface area (Å²) < 4.78 is 42.7. The zero-order valence-corrected chi connectivity index (χ0v) is 83.5. The highest BCUT2D eigenvalue weighted by molar-refractivity contribution is 6.36. The molecule has 3 aromatic rings. The summed E-state index contributed by atoms with van der Waals surface area (Å²) in [5, 5.41) is 0. The van der Waals surface area contributed by atoms with Crippen LogP contribution in [0.15, 0.2) is 51.4 Å². The maximum atomic E-state index is 7.12. The van der Waals surface area contributed by atoms with E-state index in [4.69, 9.17) is 43.4 Å². The monoisotopic (exact) mass is 1680 g/mol. The van der Waals surface area contributed by atoms with Gasteiger partial charge in [0.1, 0.15) is 17.5 Å². The minimum atomic E-state index is 0.531. The second-order valence-electron chi connectivity index (χ2n) is 43.7. The van der Waals surface area contributed by atoms with Crippen LogP contribution in [0.3, 0.4) is 0 Å². The van der Waals surface area contributed by atoms with Gasteiger partial charge in [-0.25, -0.2) is 15.0 Å². The van der Waals surface area contributed by atoms with Gasteiger partial charge in [-0.3, -0.25) is 4.90 Å². The fourth-order valence-electron chi connectivity index (χ4n) is 18.6. The Kier molecular flexibility index (Phi) is 50.9. The summed E-state index contributed by atoms with van der Waals surface area (Å²) in [5.41, 5.74) is 5.06. The molecule has 10 heteroatoms. The van der Waals surface area contributed by atoms with Crippen LogP contribution in [-0.2, 0) is 0 Å². The predicted molar refractivity (Wildman–Crippen MR) is 526 cm³/mol. The van der Waals surface area contributed by atoms with Crippen LogP contribution in [-0.4, -0.2) is 62.0 Å². The van der Waals surface area contributed by atoms with Crippen molar-refractivity contribution in [2.45, 2.75) is 436 Å². The summed E-state index contributed by atoms with van der Waals surface area (Å²) in [7, 11) is 0. The fourth-order valence-corrected chi connectivity index (χ4v) is 18.6. The first-order chi connectivity index (χ1) is 57.9. The molecule has 0 spiro atoms. The number of hydrogen-bond acceptors (Lipinski definition) is 10. The molecule has 0 radical (unpaired) electrons. The van der Waals surface area contributed by atoms with Crippen LogP contribution >= 0.6 is 0 Å². The van der Waals surface area contributed by atoms with Gasteiger partial charge in [-0.05, 0) is 163 Å². The molecule has 0 saturated heterocycles. The van der Waals surface area contributed by atoms with Crippen LogP contribution in [0, 0.1) is 107 Å². The number of rotatable bonds is 72. The Labute approximate surface area is 748 Å². The highest BCUT2D eigenvalue weighted by Gasteiger charge is 2.42. The van der Waals surface area contributed by atoms with E-state index < -0.39 is 0 Å². The lowest BCUT2D eigenvalue weighted by atomic mass is 9.93. The minimum absolute atomic E-state index is 0.531. The highest BCUT2D eigenvalue weighted by Crippen LogP contribution is 2.50. The van der Waals surface area contributed by atoms with Gasteiger partial charge in [-0.1, -0.05) is 397 Å². The lowest BCUT2D eigenvalue weighted by molar-refractivity contribution is 0.236. The first kappa shape index (κ1) is 105. The average Bonchev–Trinajstić information content (AvgIpc) is 0.708. The molecular formula is C111H192N4O6. The first-order valence-corrected chi connectivity index (χ1v) is 51.8. The molecule has 10 nitrogen and oxygen atoms in total. The summed E-state index contributed by atoms with van der Waals surface area (Å²) in [4.78, 5) is 19.8. The summed E-state index contributed by atoms with van der Waals surface area (Å²) in [5.74, 6) is 19.1. The Morgan fingerprint density at radius 1 is 0.182 bits per heavy atom. The Morgan fingerprint density at radius 2 is 0.314 bits per heavy atom. The van der Waals surface area contributed by atoms with Crippen molar-refractivity contribution >= 4 is 34.6 Å². The van der Waals surface area contributed by atoms with E-state index in [0.717, 1.165) is 195 Å². The number of hydrogen-bond donors (Lipinski definition) is 0. The molecule has 12 unspecified atom stereocenters. The number of benzene rings is 3. The third kappa shape index (κ3) is 42.2. The fraction of sp³-hybridized carbons (Fsp3) is 0.811. The number of fused-ring (bicyclic) bond motifs is 6. The van der Waals surface area contributed by atoms with E-state index in [1.165, 1.54) is 231 Å². The highest BCUT2D eigenvalue weighted by atomic mass is 16.5. The molecule has 0 aromatic heterocycles. The van der Waals surface area contributed by atoms with Gasteiger partial charge in [0.25, 0.3) is 0 Å². The summed E-state index contributed by atoms with van der Waals surface area (Å²) in [6.45, 7) is 61.1. The molecule has 6 rings (SSSR count). The molecule has 12 atom stereocenters. The van der Waals surface area contributed by atoms with E-state index in [9.17, 15) is 0 Å². The Bertz CT molecular complexity index is 3020. The number of aliphatic imine (C=N–C) groups is 3. The van der Waals surface area contributed by atoms with Gasteiger partial charge in [-0.15, -0.1) is 0 Å². The second kappa shape index (κ2) is 58.6. The van der Waals surface area contributed by atoms with Crippen molar-refractivity contribution in [1.29, 1.82) is 0 Å². The van der Waals surface area contributed by atoms with Crippen LogP contribution in [0.25, 0.3) is 0 Å². The van der Waals surface area contributed by atoms with E-state index in [0.29, 0.717) is 75.1 Å². The lowest BCUT2D eigenvalue weighted by Crippen LogP contribution is -2.48. The Balaban J connectivity index is 1.45. The summed E-state index contributed by atoms with van der Waals surface area (Å²) >= 11 is 0. The molecule has 3 aliphatic rings. The molecule has 0 bridgehead atoms. The van der Waals surface area contributed by atoms with Crippen LogP contribution in [0.2, 0.25) is 0 Å². The summed E-state index contributed by atoms with van der Waals surface area (Å²) in [6.07, 6.45) is 52.2. The maximum Gasteiger partial charge on any atom is 0.163 e. The van der Waals surface area contributed by atoms with E-state index in [1.807, 2.05) is 0 Å². The van der Waals surface area contributed by atoms with Gasteiger partial charge in [0.05, 0.1) is 56.7 Å². The Morgan fingerprint density at radius 3 is 0.463 bits per heavy atom. The van der Waals surface area contributed by atoms with E-state index in [-0.39, 0.29) is 0 Å². The topological polar surface area (TPSA) is 95.7 Å². The third-order valence-corrected chi connectivity index (χ3v) is 27.7. The lowest BCUT2D eigenvalue weighted by Gasteiger charge is -2.39. The summed E-state index contributed by atoms with van der Waals surface area (Å²) in [6, 6.07) is 13.1. The van der Waals surface area contributed by atoms with Crippen LogP contribution in [0.5, 0.6) is 34.5 Å². The van der Waals surface area contributed by atoms with E-state index >= 15 is 0 Å². The van der Waals surface area contributed by atoms with Crippen LogP contribution < -0.4 is 28.4 Å². The largest absolute Gasteiger partial charge is 0.490 e. The molecule has 3 aliphatic heterocycles. The normalized spacial score (nSPS) is 16.2. The van der Waals surface area contributed by atoms with Crippen LogP contribution in [0.4, 0.5) is 17.1 Å². The molecule has 692 valence electrons. The molecule has 0 fully saturated rings. The van der Waals surface area contributed by atoms with Gasteiger partial charge in [0.15, 0.2) is 34.5 Å². The number of amidine groups is 3. The van der Waals surface area contributed by atoms with Crippen molar-refractivity contribution in [1.82, 2.24) is 4.90 Å². The van der Waals surface area contributed by atoms with Gasteiger partial charge >= 0.3 is 0 Å². The van der Waals surface area contributed by atoms with Gasteiger partial charge in [-0.2, -0.15) is 0 Å². The maximum absolute atomic E-state index is 7.12. The first-order valence-electron chi connectivity index (χ1n) is 51.8. The molecule has 121 heavy (non-hydrogen) atoms.